The van der Waals surface area contributed by atoms with Crippen molar-refractivity contribution in [2.45, 2.75) is 39.5 Å². The maximum Gasteiger partial charge on any atom is 0.416 e. The summed E-state index contributed by atoms with van der Waals surface area (Å²) in [5.74, 6) is 0.791. The average molecular weight is 511 g/mol. The number of hydrogen-bond acceptors (Lipinski definition) is 6. The van der Waals surface area contributed by atoms with Crippen LogP contribution in [0.3, 0.4) is 0 Å². The third-order valence-electron chi connectivity index (χ3n) is 6.16. The fraction of sp³-hybridized carbons (Fsp3) is 0.320. The van der Waals surface area contributed by atoms with Gasteiger partial charge in [-0.2, -0.15) is 18.3 Å². The summed E-state index contributed by atoms with van der Waals surface area (Å²) in [6.07, 6.45) is -0.215. The largest absolute Gasteiger partial charge is 0.416 e. The highest BCUT2D eigenvalue weighted by Crippen LogP contribution is 2.39. The predicted molar refractivity (Wildman–Crippen MR) is 132 cm³/mol. The van der Waals surface area contributed by atoms with Crippen molar-refractivity contribution in [2.24, 2.45) is 7.05 Å². The number of amides is 1. The van der Waals surface area contributed by atoms with E-state index >= 15 is 0 Å². The lowest BCUT2D eigenvalue weighted by molar-refractivity contribution is -0.138. The van der Waals surface area contributed by atoms with E-state index in [2.05, 4.69) is 20.5 Å². The first-order valence-corrected chi connectivity index (χ1v) is 11.9. The van der Waals surface area contributed by atoms with E-state index in [-0.39, 0.29) is 23.5 Å². The summed E-state index contributed by atoms with van der Waals surface area (Å²) in [5, 5.41) is 16.1. The minimum absolute atomic E-state index is 0.0269. The van der Waals surface area contributed by atoms with Crippen molar-refractivity contribution >= 4 is 17.5 Å². The number of aromatic nitrogens is 6. The van der Waals surface area contributed by atoms with Gasteiger partial charge in [-0.25, -0.2) is 4.98 Å². The zero-order chi connectivity index (χ0) is 26.3. The standard InChI is InChI=1S/C25H25F3N8O/c1-4-9-35-12-18(23-32-30-14-34(23)3)22(33-35)15-10-20(29-5-2)31-21(11-15)36-13-17-16(24(36)37)7-6-8-19(17)25(26,27)28/h6-8,10-12,14H,4-5,9,13H2,1-3H3,(H,29,31). The molecule has 1 amide bonds. The topological polar surface area (TPSA) is 93.8 Å². The Bertz CT molecular complexity index is 1470. The fourth-order valence-electron chi connectivity index (χ4n) is 4.52. The van der Waals surface area contributed by atoms with Crippen LogP contribution in [-0.4, -0.2) is 42.0 Å². The number of pyridine rings is 1. The van der Waals surface area contributed by atoms with Gasteiger partial charge in [0.05, 0.1) is 17.7 Å². The van der Waals surface area contributed by atoms with Crippen LogP contribution in [-0.2, 0) is 26.3 Å². The van der Waals surface area contributed by atoms with Crippen LogP contribution >= 0.6 is 0 Å². The minimum atomic E-state index is -4.57. The van der Waals surface area contributed by atoms with Crippen molar-refractivity contribution in [1.29, 1.82) is 0 Å². The zero-order valence-corrected chi connectivity index (χ0v) is 20.5. The minimum Gasteiger partial charge on any atom is -0.370 e. The molecule has 4 aromatic rings. The number of halogens is 3. The molecule has 0 saturated carbocycles. The molecule has 5 rings (SSSR count). The molecule has 0 unspecified atom stereocenters. The summed E-state index contributed by atoms with van der Waals surface area (Å²) in [6.45, 7) is 4.96. The molecule has 0 aliphatic carbocycles. The van der Waals surface area contributed by atoms with Gasteiger partial charge >= 0.3 is 6.18 Å². The Morgan fingerprint density at radius 3 is 2.62 bits per heavy atom. The fourth-order valence-corrected chi connectivity index (χ4v) is 4.52. The Morgan fingerprint density at radius 2 is 1.95 bits per heavy atom. The number of rotatable bonds is 7. The molecule has 1 aliphatic heterocycles. The molecule has 0 atom stereocenters. The van der Waals surface area contributed by atoms with Crippen LogP contribution in [0.5, 0.6) is 0 Å². The van der Waals surface area contributed by atoms with Crippen molar-refractivity contribution in [3.63, 3.8) is 0 Å². The molecule has 3 aromatic heterocycles. The van der Waals surface area contributed by atoms with Gasteiger partial charge in [-0.1, -0.05) is 13.0 Å². The molecule has 0 saturated heterocycles. The maximum absolute atomic E-state index is 13.6. The Morgan fingerprint density at radius 1 is 1.14 bits per heavy atom. The van der Waals surface area contributed by atoms with Crippen molar-refractivity contribution in [2.75, 3.05) is 16.8 Å². The number of fused-ring (bicyclic) bond motifs is 1. The summed E-state index contributed by atoms with van der Waals surface area (Å²) in [5.41, 5.74) is 1.15. The van der Waals surface area contributed by atoms with Crippen molar-refractivity contribution in [3.8, 4) is 22.6 Å². The zero-order valence-electron chi connectivity index (χ0n) is 20.5. The van der Waals surface area contributed by atoms with Gasteiger partial charge in [0.25, 0.3) is 5.91 Å². The first-order chi connectivity index (χ1) is 17.7. The first kappa shape index (κ1) is 24.5. The highest BCUT2D eigenvalue weighted by Gasteiger charge is 2.40. The molecule has 1 aromatic carbocycles. The molecule has 1 N–H and O–H groups in total. The van der Waals surface area contributed by atoms with E-state index in [1.165, 1.54) is 17.0 Å². The second-order valence-electron chi connectivity index (χ2n) is 8.77. The van der Waals surface area contributed by atoms with Crippen LogP contribution in [0, 0.1) is 0 Å². The molecule has 0 radical (unpaired) electrons. The Labute approximate surface area is 211 Å². The van der Waals surface area contributed by atoms with E-state index in [9.17, 15) is 18.0 Å². The molecule has 0 bridgehead atoms. The molecular weight excluding hydrogens is 485 g/mol. The van der Waals surface area contributed by atoms with Crippen LogP contribution in [0.2, 0.25) is 0 Å². The van der Waals surface area contributed by atoms with Gasteiger partial charge in [-0.15, -0.1) is 10.2 Å². The molecule has 12 heteroatoms. The van der Waals surface area contributed by atoms with Gasteiger partial charge in [0, 0.05) is 37.5 Å². The van der Waals surface area contributed by atoms with Crippen LogP contribution in [0.4, 0.5) is 24.8 Å². The number of anilines is 2. The summed E-state index contributed by atoms with van der Waals surface area (Å²) >= 11 is 0. The number of hydrogen-bond donors (Lipinski definition) is 1. The van der Waals surface area contributed by atoms with Gasteiger partial charge in [0.2, 0.25) is 0 Å². The lowest BCUT2D eigenvalue weighted by atomic mass is 10.0. The average Bonchev–Trinajstić information content (AvgIpc) is 3.55. The second-order valence-corrected chi connectivity index (χ2v) is 8.77. The molecule has 192 valence electrons. The van der Waals surface area contributed by atoms with E-state index < -0.39 is 17.6 Å². The van der Waals surface area contributed by atoms with Gasteiger partial charge in [-0.05, 0) is 43.2 Å². The third kappa shape index (κ3) is 4.43. The number of benzene rings is 1. The van der Waals surface area contributed by atoms with E-state index in [0.29, 0.717) is 36.0 Å². The molecule has 9 nitrogen and oxygen atoms in total. The Hall–Kier alpha value is -4.22. The number of carbonyl (C=O) groups is 1. The molecule has 37 heavy (non-hydrogen) atoms. The van der Waals surface area contributed by atoms with Crippen LogP contribution in [0.15, 0.2) is 42.9 Å². The smallest absolute Gasteiger partial charge is 0.370 e. The molecule has 4 heterocycles. The van der Waals surface area contributed by atoms with Crippen LogP contribution < -0.4 is 10.2 Å². The van der Waals surface area contributed by atoms with Crippen molar-refractivity contribution in [3.05, 3.63) is 59.5 Å². The van der Waals surface area contributed by atoms with Gasteiger partial charge in [0.1, 0.15) is 23.7 Å². The molecule has 0 fully saturated rings. The van der Waals surface area contributed by atoms with Crippen molar-refractivity contribution < 1.29 is 18.0 Å². The Kier molecular flexibility index (Phi) is 6.18. The van der Waals surface area contributed by atoms with Crippen LogP contribution in [0.25, 0.3) is 22.6 Å². The van der Waals surface area contributed by atoms with E-state index in [4.69, 9.17) is 5.10 Å². The summed E-state index contributed by atoms with van der Waals surface area (Å²) in [4.78, 5) is 19.1. The van der Waals surface area contributed by atoms with Gasteiger partial charge in [-0.3, -0.25) is 14.4 Å². The summed E-state index contributed by atoms with van der Waals surface area (Å²) in [6, 6.07) is 7.15. The SMILES string of the molecule is CCCn1cc(-c2nncn2C)c(-c2cc(NCC)nc(N3Cc4c(cccc4C(F)(F)F)C3=O)c2)n1. The lowest BCUT2D eigenvalue weighted by Gasteiger charge is -2.18. The number of nitrogens with zero attached hydrogens (tertiary/aromatic N) is 7. The number of aryl methyl sites for hydroxylation is 2. The third-order valence-corrected chi connectivity index (χ3v) is 6.16. The quantitative estimate of drug-likeness (QED) is 0.385. The van der Waals surface area contributed by atoms with Crippen LogP contribution in [0.1, 0.15) is 41.8 Å². The normalized spacial score (nSPS) is 13.4. The number of carbonyl (C=O) groups excluding carboxylic acids is 1. The van der Waals surface area contributed by atoms with E-state index in [1.54, 1.807) is 23.0 Å². The molecular formula is C25H25F3N8O. The number of alkyl halides is 3. The van der Waals surface area contributed by atoms with Gasteiger partial charge < -0.3 is 9.88 Å². The van der Waals surface area contributed by atoms with Gasteiger partial charge in [0.15, 0.2) is 5.82 Å². The van der Waals surface area contributed by atoms with E-state index in [1.807, 2.05) is 31.8 Å². The first-order valence-electron chi connectivity index (χ1n) is 11.9. The highest BCUT2D eigenvalue weighted by molar-refractivity contribution is 6.10. The maximum atomic E-state index is 13.6. The molecule has 1 aliphatic rings. The van der Waals surface area contributed by atoms with E-state index in [0.717, 1.165) is 18.1 Å². The summed E-state index contributed by atoms with van der Waals surface area (Å²) < 4.78 is 44.5. The summed E-state index contributed by atoms with van der Waals surface area (Å²) in [7, 11) is 1.83. The Balaban J connectivity index is 1.63. The predicted octanol–water partition coefficient (Wildman–Crippen LogP) is 4.76. The number of nitrogens with one attached hydrogen (secondary N) is 1. The molecule has 0 spiro atoms. The van der Waals surface area contributed by atoms with Crippen molar-refractivity contribution in [1.82, 2.24) is 29.5 Å². The highest BCUT2D eigenvalue weighted by atomic mass is 19.4. The lowest BCUT2D eigenvalue weighted by Crippen LogP contribution is -2.24. The monoisotopic (exact) mass is 510 g/mol. The second kappa shape index (κ2) is 9.34.